The molecule has 1 aliphatic rings. The molecule has 0 atom stereocenters. The van der Waals surface area contributed by atoms with E-state index in [1.54, 1.807) is 24.3 Å². The minimum absolute atomic E-state index is 0.135. The Morgan fingerprint density at radius 1 is 1.16 bits per heavy atom. The molecule has 0 radical (unpaired) electrons. The number of nitrogens with zero attached hydrogens (tertiary/aromatic N) is 1. The van der Waals surface area contributed by atoms with Crippen LogP contribution in [0.2, 0.25) is 0 Å². The summed E-state index contributed by atoms with van der Waals surface area (Å²) in [6, 6.07) is 10.2. The lowest BCUT2D eigenvalue weighted by Gasteiger charge is -2.29. The predicted octanol–water partition coefficient (Wildman–Crippen LogP) is 2.52. The van der Waals surface area contributed by atoms with E-state index in [1.807, 2.05) is 26.0 Å². The molecule has 1 heterocycles. The summed E-state index contributed by atoms with van der Waals surface area (Å²) in [5, 5.41) is 2.75. The van der Waals surface area contributed by atoms with Crippen LogP contribution < -0.4 is 24.4 Å². The fourth-order valence-electron chi connectivity index (χ4n) is 3.13. The van der Waals surface area contributed by atoms with Crippen molar-refractivity contribution in [2.24, 2.45) is 0 Å². The third kappa shape index (κ3) is 5.33. The van der Waals surface area contributed by atoms with E-state index >= 15 is 0 Å². The van der Waals surface area contributed by atoms with Gasteiger partial charge in [0.1, 0.15) is 12.3 Å². The second-order valence-corrected chi connectivity index (χ2v) is 7.17. The zero-order valence-corrected chi connectivity index (χ0v) is 17.9. The van der Waals surface area contributed by atoms with Gasteiger partial charge in [-0.1, -0.05) is 13.0 Å². The Balaban J connectivity index is 1.75. The van der Waals surface area contributed by atoms with Gasteiger partial charge in [0.15, 0.2) is 30.5 Å². The molecule has 8 heteroatoms. The van der Waals surface area contributed by atoms with Crippen molar-refractivity contribution in [3.63, 3.8) is 0 Å². The fraction of sp³-hybridized carbons (Fsp3) is 0.348. The smallest absolute Gasteiger partial charge is 0.265 e. The lowest BCUT2D eigenvalue weighted by atomic mass is 10.1. The molecule has 0 fully saturated rings. The zero-order chi connectivity index (χ0) is 22.4. The summed E-state index contributed by atoms with van der Waals surface area (Å²) in [5.74, 6) is 0.562. The Bertz CT molecular complexity index is 988. The third-order valence-electron chi connectivity index (χ3n) is 4.78. The quantitative estimate of drug-likeness (QED) is 0.620. The molecule has 0 saturated heterocycles. The highest BCUT2D eigenvalue weighted by Gasteiger charge is 2.28. The van der Waals surface area contributed by atoms with Gasteiger partial charge in [0, 0.05) is 12.1 Å². The SMILES string of the molecule is CCCNC(=O)CN1C(=O)COc2ccc(C(=O)COc3ccc(C)cc3OC)cc21. The first-order chi connectivity index (χ1) is 14.9. The van der Waals surface area contributed by atoms with Crippen LogP contribution in [0.5, 0.6) is 17.2 Å². The Morgan fingerprint density at radius 3 is 2.71 bits per heavy atom. The number of nitrogens with one attached hydrogen (secondary N) is 1. The van der Waals surface area contributed by atoms with Crippen LogP contribution in [0.15, 0.2) is 36.4 Å². The highest BCUT2D eigenvalue weighted by molar-refractivity contribution is 6.04. The van der Waals surface area contributed by atoms with Gasteiger partial charge < -0.3 is 19.5 Å². The van der Waals surface area contributed by atoms with E-state index in [2.05, 4.69) is 5.32 Å². The maximum absolute atomic E-state index is 12.7. The molecule has 2 aromatic rings. The first-order valence-electron chi connectivity index (χ1n) is 10.1. The average Bonchev–Trinajstić information content (AvgIpc) is 2.78. The highest BCUT2D eigenvalue weighted by atomic mass is 16.5. The Hall–Kier alpha value is -3.55. The number of benzene rings is 2. The van der Waals surface area contributed by atoms with E-state index in [-0.39, 0.29) is 37.4 Å². The van der Waals surface area contributed by atoms with Gasteiger partial charge in [-0.2, -0.15) is 0 Å². The van der Waals surface area contributed by atoms with Crippen molar-refractivity contribution in [1.82, 2.24) is 5.32 Å². The maximum Gasteiger partial charge on any atom is 0.265 e. The molecule has 3 rings (SSSR count). The molecule has 164 valence electrons. The van der Waals surface area contributed by atoms with Crippen LogP contribution in [-0.2, 0) is 9.59 Å². The molecule has 1 N–H and O–H groups in total. The summed E-state index contributed by atoms with van der Waals surface area (Å²) in [4.78, 5) is 38.6. The van der Waals surface area contributed by atoms with Gasteiger partial charge in [0.25, 0.3) is 5.91 Å². The van der Waals surface area contributed by atoms with Crippen LogP contribution in [0.25, 0.3) is 0 Å². The summed E-state index contributed by atoms with van der Waals surface area (Å²) in [7, 11) is 1.54. The van der Waals surface area contributed by atoms with E-state index < -0.39 is 0 Å². The topological polar surface area (TPSA) is 94.2 Å². The van der Waals surface area contributed by atoms with Crippen molar-refractivity contribution in [2.45, 2.75) is 20.3 Å². The number of aryl methyl sites for hydroxylation is 1. The highest BCUT2D eigenvalue weighted by Crippen LogP contribution is 2.33. The standard InChI is InChI=1S/C23H26N2O6/c1-4-9-24-22(27)12-25-17-11-16(6-8-19(17)31-14-23(25)28)18(26)13-30-20-7-5-15(2)10-21(20)29-3/h5-8,10-11H,4,9,12-14H2,1-3H3,(H,24,27). The van der Waals surface area contributed by atoms with Crippen LogP contribution in [-0.4, -0.2) is 51.0 Å². The van der Waals surface area contributed by atoms with Gasteiger partial charge in [-0.3, -0.25) is 19.3 Å². The molecule has 1 aliphatic heterocycles. The fourth-order valence-corrected chi connectivity index (χ4v) is 3.13. The van der Waals surface area contributed by atoms with Crippen molar-refractivity contribution in [3.05, 3.63) is 47.5 Å². The van der Waals surface area contributed by atoms with Crippen molar-refractivity contribution in [3.8, 4) is 17.2 Å². The van der Waals surface area contributed by atoms with Crippen LogP contribution in [0.4, 0.5) is 5.69 Å². The number of carbonyl (C=O) groups excluding carboxylic acids is 3. The molecule has 2 aromatic carbocycles. The monoisotopic (exact) mass is 426 g/mol. The molecule has 0 bridgehead atoms. The van der Waals surface area contributed by atoms with E-state index in [1.165, 1.54) is 12.0 Å². The molecular formula is C23H26N2O6. The lowest BCUT2D eigenvalue weighted by molar-refractivity contribution is -0.125. The molecule has 0 aliphatic carbocycles. The van der Waals surface area contributed by atoms with Gasteiger partial charge >= 0.3 is 0 Å². The number of methoxy groups -OCH3 is 1. The summed E-state index contributed by atoms with van der Waals surface area (Å²) < 4.78 is 16.4. The van der Waals surface area contributed by atoms with E-state index in [0.717, 1.165) is 12.0 Å². The van der Waals surface area contributed by atoms with Crippen LogP contribution in [0.1, 0.15) is 29.3 Å². The van der Waals surface area contributed by atoms with Gasteiger partial charge in [-0.25, -0.2) is 0 Å². The summed E-state index contributed by atoms with van der Waals surface area (Å²) in [6.07, 6.45) is 0.795. The van der Waals surface area contributed by atoms with Crippen LogP contribution >= 0.6 is 0 Å². The molecule has 31 heavy (non-hydrogen) atoms. The summed E-state index contributed by atoms with van der Waals surface area (Å²) in [6.45, 7) is 3.91. The number of rotatable bonds is 9. The Labute approximate surface area is 181 Å². The second-order valence-electron chi connectivity index (χ2n) is 7.17. The number of ether oxygens (including phenoxy) is 3. The van der Waals surface area contributed by atoms with Crippen molar-refractivity contribution in [2.75, 3.05) is 38.3 Å². The minimum Gasteiger partial charge on any atom is -0.493 e. The zero-order valence-electron chi connectivity index (χ0n) is 17.9. The van der Waals surface area contributed by atoms with Crippen LogP contribution in [0, 0.1) is 6.92 Å². The van der Waals surface area contributed by atoms with Crippen molar-refractivity contribution < 1.29 is 28.6 Å². The van der Waals surface area contributed by atoms with E-state index in [9.17, 15) is 14.4 Å². The molecule has 0 unspecified atom stereocenters. The lowest BCUT2D eigenvalue weighted by Crippen LogP contribution is -2.45. The van der Waals surface area contributed by atoms with Crippen LogP contribution in [0.3, 0.4) is 0 Å². The van der Waals surface area contributed by atoms with Gasteiger partial charge in [0.2, 0.25) is 5.91 Å². The number of hydrogen-bond donors (Lipinski definition) is 1. The molecule has 0 aromatic heterocycles. The third-order valence-corrected chi connectivity index (χ3v) is 4.78. The number of ketones is 1. The molecule has 2 amide bonds. The van der Waals surface area contributed by atoms with Gasteiger partial charge in [-0.05, 0) is 49.2 Å². The number of fused-ring (bicyclic) bond motifs is 1. The number of amides is 2. The second kappa shape index (κ2) is 9.97. The number of Topliss-reactive ketones (excluding diaryl/α,β-unsaturated/α-hetero) is 1. The molecule has 0 spiro atoms. The molecule has 8 nitrogen and oxygen atoms in total. The largest absolute Gasteiger partial charge is 0.493 e. The first kappa shape index (κ1) is 22.1. The maximum atomic E-state index is 12.7. The summed E-state index contributed by atoms with van der Waals surface area (Å²) in [5.41, 5.74) is 1.75. The molecular weight excluding hydrogens is 400 g/mol. The Morgan fingerprint density at radius 2 is 1.97 bits per heavy atom. The van der Waals surface area contributed by atoms with Crippen molar-refractivity contribution >= 4 is 23.3 Å². The van der Waals surface area contributed by atoms with E-state index in [0.29, 0.717) is 35.0 Å². The average molecular weight is 426 g/mol. The first-order valence-corrected chi connectivity index (χ1v) is 10.1. The van der Waals surface area contributed by atoms with Crippen molar-refractivity contribution in [1.29, 1.82) is 0 Å². The molecule has 0 saturated carbocycles. The number of carbonyl (C=O) groups is 3. The number of anilines is 1. The predicted molar refractivity (Wildman–Crippen MR) is 115 cm³/mol. The van der Waals surface area contributed by atoms with Gasteiger partial charge in [0.05, 0.1) is 12.8 Å². The minimum atomic E-state index is -0.343. The van der Waals surface area contributed by atoms with E-state index in [4.69, 9.17) is 14.2 Å². The Kier molecular flexibility index (Phi) is 7.12. The normalized spacial score (nSPS) is 12.6. The summed E-state index contributed by atoms with van der Waals surface area (Å²) >= 11 is 0. The van der Waals surface area contributed by atoms with Gasteiger partial charge in [-0.15, -0.1) is 0 Å². The number of hydrogen-bond acceptors (Lipinski definition) is 6.